The molecule has 0 rings (SSSR count). The van der Waals surface area contributed by atoms with Gasteiger partial charge >= 0.3 is 0 Å². The van der Waals surface area contributed by atoms with E-state index in [2.05, 4.69) is 79.9 Å². The summed E-state index contributed by atoms with van der Waals surface area (Å²) in [5, 5.41) is 13.0. The van der Waals surface area contributed by atoms with Crippen LogP contribution in [0.4, 0.5) is 0 Å². The number of unbranched alkanes of at least 4 members (excludes halogenated alkanes) is 6. The van der Waals surface area contributed by atoms with Crippen LogP contribution in [0.25, 0.3) is 0 Å². The molecule has 0 fully saturated rings. The number of carbonyl (C=O) groups excluding carboxylic acids is 1. The van der Waals surface area contributed by atoms with Crippen molar-refractivity contribution in [2.45, 2.75) is 122 Å². The van der Waals surface area contributed by atoms with E-state index in [-0.39, 0.29) is 12.3 Å². The van der Waals surface area contributed by atoms with Crippen LogP contribution >= 0.6 is 0 Å². The summed E-state index contributed by atoms with van der Waals surface area (Å²) < 4.78 is 32.1. The maximum Gasteiger partial charge on any atom is 0.267 e. The van der Waals surface area contributed by atoms with Crippen LogP contribution in [-0.4, -0.2) is 41.9 Å². The molecule has 0 bridgehead atoms. The SMILES string of the molecule is CC/C=C\C/C=C\C/C=C\C/C=C\C/C=C\C/C=C\CCC(=O)NC(CS(=O)(=O)O)C(O)/C=C/CCCCCCCC. The van der Waals surface area contributed by atoms with Gasteiger partial charge in [-0.3, -0.25) is 9.35 Å². The molecule has 0 aromatic carbocycles. The van der Waals surface area contributed by atoms with Gasteiger partial charge in [-0.05, 0) is 57.8 Å². The quantitative estimate of drug-likeness (QED) is 0.0522. The summed E-state index contributed by atoms with van der Waals surface area (Å²) in [5.41, 5.74) is 0. The monoisotopic (exact) mass is 603 g/mol. The molecule has 238 valence electrons. The molecule has 0 radical (unpaired) electrons. The van der Waals surface area contributed by atoms with Crippen molar-refractivity contribution in [3.8, 4) is 0 Å². The zero-order valence-corrected chi connectivity index (χ0v) is 26.9. The number of aliphatic hydroxyl groups is 1. The first-order valence-electron chi connectivity index (χ1n) is 15.8. The topological polar surface area (TPSA) is 104 Å². The molecule has 2 atom stereocenters. The average Bonchev–Trinajstić information content (AvgIpc) is 2.94. The van der Waals surface area contributed by atoms with E-state index < -0.39 is 28.0 Å². The van der Waals surface area contributed by atoms with Gasteiger partial charge in [-0.1, -0.05) is 131 Å². The van der Waals surface area contributed by atoms with E-state index in [4.69, 9.17) is 0 Å². The molecular weight excluding hydrogens is 546 g/mol. The number of aliphatic hydroxyl groups excluding tert-OH is 1. The van der Waals surface area contributed by atoms with Crippen LogP contribution in [-0.2, 0) is 14.9 Å². The lowest BCUT2D eigenvalue weighted by atomic mass is 10.1. The van der Waals surface area contributed by atoms with E-state index in [1.165, 1.54) is 31.8 Å². The van der Waals surface area contributed by atoms with Crippen molar-refractivity contribution in [2.24, 2.45) is 0 Å². The highest BCUT2D eigenvalue weighted by Gasteiger charge is 2.24. The number of allylic oxidation sites excluding steroid dienone is 13. The summed E-state index contributed by atoms with van der Waals surface area (Å²) in [6, 6.07) is -1.10. The maximum absolute atomic E-state index is 12.3. The molecule has 0 spiro atoms. The largest absolute Gasteiger partial charge is 0.387 e. The van der Waals surface area contributed by atoms with Crippen LogP contribution in [0, 0.1) is 0 Å². The molecule has 7 heteroatoms. The van der Waals surface area contributed by atoms with Crippen molar-refractivity contribution in [3.63, 3.8) is 0 Å². The molecule has 0 aromatic heterocycles. The molecular formula is C35H57NO5S. The van der Waals surface area contributed by atoms with E-state index in [1.807, 2.05) is 18.2 Å². The van der Waals surface area contributed by atoms with Crippen molar-refractivity contribution in [1.82, 2.24) is 5.32 Å². The van der Waals surface area contributed by atoms with E-state index in [9.17, 15) is 22.9 Å². The van der Waals surface area contributed by atoms with Gasteiger partial charge in [0.25, 0.3) is 10.1 Å². The standard InChI is InChI=1S/C35H57NO5S/c1-3-5-7-9-11-13-14-15-16-17-18-19-20-21-22-23-25-27-29-31-35(38)36-33(32-42(39,40)41)34(37)30-28-26-24-12-10-8-6-4-2/h5,7,11,13,15-16,18-19,21-22,25,27-28,30,33-34,37H,3-4,6,8-10,12,14,17,20,23-24,26,29,31-32H2,1-2H3,(H,36,38)(H,39,40,41)/b7-5-,13-11-,16-15-,19-18-,22-21-,27-25-,30-28+. The molecule has 0 saturated heterocycles. The van der Waals surface area contributed by atoms with E-state index in [1.54, 1.807) is 0 Å². The van der Waals surface area contributed by atoms with Gasteiger partial charge in [0.1, 0.15) is 0 Å². The third-order valence-electron chi connectivity index (χ3n) is 6.34. The smallest absolute Gasteiger partial charge is 0.267 e. The van der Waals surface area contributed by atoms with E-state index >= 15 is 0 Å². The summed E-state index contributed by atoms with van der Waals surface area (Å²) in [6.45, 7) is 4.31. The highest BCUT2D eigenvalue weighted by molar-refractivity contribution is 7.85. The van der Waals surface area contributed by atoms with Gasteiger partial charge in [-0.25, -0.2) is 0 Å². The number of rotatable bonds is 26. The number of nitrogens with one attached hydrogen (secondary N) is 1. The molecule has 6 nitrogen and oxygen atoms in total. The predicted molar refractivity (Wildman–Crippen MR) is 179 cm³/mol. The Labute approximate surface area is 256 Å². The Hall–Kier alpha value is -2.48. The van der Waals surface area contributed by atoms with Crippen LogP contribution < -0.4 is 5.32 Å². The number of carbonyl (C=O) groups is 1. The molecule has 42 heavy (non-hydrogen) atoms. The zero-order chi connectivity index (χ0) is 31.2. The second-order valence-corrected chi connectivity index (χ2v) is 11.8. The summed E-state index contributed by atoms with van der Waals surface area (Å²) in [7, 11) is -4.36. The molecule has 0 saturated carbocycles. The third kappa shape index (κ3) is 29.0. The first-order valence-corrected chi connectivity index (χ1v) is 17.4. The van der Waals surface area contributed by atoms with Gasteiger partial charge in [0, 0.05) is 6.42 Å². The summed E-state index contributed by atoms with van der Waals surface area (Å²) in [4.78, 5) is 12.3. The Morgan fingerprint density at radius 1 is 0.667 bits per heavy atom. The fourth-order valence-corrected chi connectivity index (χ4v) is 4.73. The minimum Gasteiger partial charge on any atom is -0.387 e. The molecule has 0 aliphatic rings. The first kappa shape index (κ1) is 39.5. The Bertz CT molecular complexity index is 973. The van der Waals surface area contributed by atoms with Gasteiger partial charge in [0.05, 0.1) is 17.9 Å². The predicted octanol–water partition coefficient (Wildman–Crippen LogP) is 8.50. The Morgan fingerprint density at radius 2 is 1.14 bits per heavy atom. The summed E-state index contributed by atoms with van der Waals surface area (Å²) in [6.07, 6.45) is 41.6. The summed E-state index contributed by atoms with van der Waals surface area (Å²) >= 11 is 0. The lowest BCUT2D eigenvalue weighted by Gasteiger charge is -2.20. The first-order chi connectivity index (χ1) is 20.3. The lowest BCUT2D eigenvalue weighted by Crippen LogP contribution is -2.46. The van der Waals surface area contributed by atoms with Crippen LogP contribution in [0.2, 0.25) is 0 Å². The molecule has 0 heterocycles. The van der Waals surface area contributed by atoms with Crippen molar-refractivity contribution in [2.75, 3.05) is 5.75 Å². The minimum absolute atomic E-state index is 0.165. The normalized spacial score (nSPS) is 14.7. The highest BCUT2D eigenvalue weighted by atomic mass is 32.2. The lowest BCUT2D eigenvalue weighted by molar-refractivity contribution is -0.122. The molecule has 0 aromatic rings. The molecule has 0 aliphatic heterocycles. The number of hydrogen-bond donors (Lipinski definition) is 3. The molecule has 0 aliphatic carbocycles. The number of amides is 1. The van der Waals surface area contributed by atoms with Crippen molar-refractivity contribution >= 4 is 16.0 Å². The van der Waals surface area contributed by atoms with Gasteiger partial charge < -0.3 is 10.4 Å². The van der Waals surface area contributed by atoms with Crippen LogP contribution in [0.15, 0.2) is 85.1 Å². The Balaban J connectivity index is 4.21. The maximum atomic E-state index is 12.3. The van der Waals surface area contributed by atoms with Crippen LogP contribution in [0.3, 0.4) is 0 Å². The van der Waals surface area contributed by atoms with Gasteiger partial charge in [-0.2, -0.15) is 8.42 Å². The fourth-order valence-electron chi connectivity index (χ4n) is 4.00. The van der Waals surface area contributed by atoms with E-state index in [0.29, 0.717) is 6.42 Å². The van der Waals surface area contributed by atoms with Crippen LogP contribution in [0.1, 0.15) is 110 Å². The Morgan fingerprint density at radius 3 is 1.64 bits per heavy atom. The molecule has 3 N–H and O–H groups in total. The van der Waals surface area contributed by atoms with Gasteiger partial charge in [0.15, 0.2) is 0 Å². The zero-order valence-electron chi connectivity index (χ0n) is 26.1. The second-order valence-electron chi connectivity index (χ2n) is 10.4. The van der Waals surface area contributed by atoms with E-state index in [0.717, 1.165) is 57.8 Å². The Kier molecular flexibility index (Phi) is 26.9. The van der Waals surface area contributed by atoms with Crippen molar-refractivity contribution in [1.29, 1.82) is 0 Å². The van der Waals surface area contributed by atoms with Crippen LogP contribution in [0.5, 0.6) is 0 Å². The van der Waals surface area contributed by atoms with Crippen molar-refractivity contribution in [3.05, 3.63) is 85.1 Å². The third-order valence-corrected chi connectivity index (χ3v) is 7.12. The minimum atomic E-state index is -4.36. The molecule has 1 amide bonds. The van der Waals surface area contributed by atoms with Crippen molar-refractivity contribution < 1.29 is 22.9 Å². The second kappa shape index (κ2) is 28.6. The van der Waals surface area contributed by atoms with Gasteiger partial charge in [-0.15, -0.1) is 0 Å². The molecule has 2 unspecified atom stereocenters. The van der Waals surface area contributed by atoms with Gasteiger partial charge in [0.2, 0.25) is 5.91 Å². The number of hydrogen-bond acceptors (Lipinski definition) is 4. The highest BCUT2D eigenvalue weighted by Crippen LogP contribution is 2.09. The fraction of sp³-hybridized carbons (Fsp3) is 0.571. The average molecular weight is 604 g/mol. The summed E-state index contributed by atoms with van der Waals surface area (Å²) in [5.74, 6) is -1.10.